The SMILES string of the molecule is C=CC(=O)N1CC2CNc3c(C(N)=O)c(-c4cc(OC)c(C)c(OC)c4)nn3C2C1. The average Bonchev–Trinajstić information content (AvgIpc) is 3.34. The number of nitrogens with one attached hydrogen (secondary N) is 1. The zero-order valence-corrected chi connectivity index (χ0v) is 17.3. The summed E-state index contributed by atoms with van der Waals surface area (Å²) in [6, 6.07) is 3.59. The number of carbonyl (C=O) groups is 2. The van der Waals surface area contributed by atoms with Gasteiger partial charge in [-0.2, -0.15) is 5.10 Å². The molecule has 1 saturated heterocycles. The highest BCUT2D eigenvalue weighted by Crippen LogP contribution is 2.41. The molecule has 0 spiro atoms. The predicted octanol–water partition coefficient (Wildman–Crippen LogP) is 1.59. The summed E-state index contributed by atoms with van der Waals surface area (Å²) in [6.07, 6.45) is 1.32. The molecule has 1 fully saturated rings. The van der Waals surface area contributed by atoms with Crippen LogP contribution in [0.25, 0.3) is 11.3 Å². The molecule has 3 N–H and O–H groups in total. The second-order valence-electron chi connectivity index (χ2n) is 7.54. The Bertz CT molecular complexity index is 1020. The Kier molecular flexibility index (Phi) is 4.89. The van der Waals surface area contributed by atoms with Crippen molar-refractivity contribution in [2.24, 2.45) is 11.7 Å². The Balaban J connectivity index is 1.84. The van der Waals surface area contributed by atoms with E-state index in [2.05, 4.69) is 11.9 Å². The van der Waals surface area contributed by atoms with E-state index in [9.17, 15) is 9.59 Å². The van der Waals surface area contributed by atoms with Crippen molar-refractivity contribution in [3.8, 4) is 22.8 Å². The second kappa shape index (κ2) is 7.40. The third kappa shape index (κ3) is 2.97. The van der Waals surface area contributed by atoms with Crippen LogP contribution in [0.3, 0.4) is 0 Å². The van der Waals surface area contributed by atoms with Gasteiger partial charge >= 0.3 is 0 Å². The van der Waals surface area contributed by atoms with Gasteiger partial charge in [0.1, 0.15) is 28.6 Å². The second-order valence-corrected chi connectivity index (χ2v) is 7.54. The number of rotatable bonds is 5. The molecule has 30 heavy (non-hydrogen) atoms. The molecule has 0 radical (unpaired) electrons. The number of fused-ring (bicyclic) bond motifs is 3. The van der Waals surface area contributed by atoms with E-state index in [0.29, 0.717) is 53.8 Å². The Morgan fingerprint density at radius 3 is 2.50 bits per heavy atom. The number of aromatic nitrogens is 2. The summed E-state index contributed by atoms with van der Waals surface area (Å²) < 4.78 is 12.7. The van der Waals surface area contributed by atoms with Gasteiger partial charge in [0.25, 0.3) is 5.91 Å². The Morgan fingerprint density at radius 2 is 1.93 bits per heavy atom. The van der Waals surface area contributed by atoms with E-state index in [1.54, 1.807) is 23.8 Å². The number of hydrogen-bond acceptors (Lipinski definition) is 6. The van der Waals surface area contributed by atoms with Gasteiger partial charge in [0.05, 0.1) is 20.3 Å². The molecular weight excluding hydrogens is 386 g/mol. The number of likely N-dealkylation sites (tertiary alicyclic amines) is 1. The Hall–Kier alpha value is -3.49. The van der Waals surface area contributed by atoms with Crippen LogP contribution in [-0.4, -0.2) is 60.3 Å². The molecule has 2 aliphatic heterocycles. The van der Waals surface area contributed by atoms with E-state index in [1.165, 1.54) is 6.08 Å². The summed E-state index contributed by atoms with van der Waals surface area (Å²) in [7, 11) is 3.16. The summed E-state index contributed by atoms with van der Waals surface area (Å²) in [5.74, 6) is 1.32. The lowest BCUT2D eigenvalue weighted by Crippen LogP contribution is -2.32. The molecule has 0 aliphatic carbocycles. The number of methoxy groups -OCH3 is 2. The fourth-order valence-corrected chi connectivity index (χ4v) is 4.37. The molecule has 2 aromatic rings. The van der Waals surface area contributed by atoms with Gasteiger partial charge < -0.3 is 25.4 Å². The maximum atomic E-state index is 12.4. The van der Waals surface area contributed by atoms with Crippen molar-refractivity contribution in [2.45, 2.75) is 13.0 Å². The van der Waals surface area contributed by atoms with Crippen LogP contribution in [-0.2, 0) is 4.79 Å². The number of primary amides is 1. The van der Waals surface area contributed by atoms with Gasteiger partial charge in [-0.25, -0.2) is 4.68 Å². The van der Waals surface area contributed by atoms with Crippen molar-refractivity contribution in [3.05, 3.63) is 35.9 Å². The zero-order valence-electron chi connectivity index (χ0n) is 17.3. The van der Waals surface area contributed by atoms with Gasteiger partial charge in [0.15, 0.2) is 0 Å². The average molecular weight is 411 g/mol. The number of benzene rings is 1. The summed E-state index contributed by atoms with van der Waals surface area (Å²) in [5.41, 5.74) is 8.04. The molecule has 2 unspecified atom stereocenters. The standard InChI is InChI=1S/C21H25N5O4/c1-5-17(27)25-9-13-8-23-21-18(20(22)28)19(24-26(21)14(13)10-25)12-6-15(29-3)11(2)16(7-12)30-4/h5-7,13-14,23H,1,8-10H2,2-4H3,(H2,22,28). The quantitative estimate of drug-likeness (QED) is 0.723. The van der Waals surface area contributed by atoms with Crippen LogP contribution < -0.4 is 20.5 Å². The lowest BCUT2D eigenvalue weighted by molar-refractivity contribution is -0.125. The number of amides is 2. The minimum absolute atomic E-state index is 0.0498. The van der Waals surface area contributed by atoms with Crippen LogP contribution in [0.2, 0.25) is 0 Å². The van der Waals surface area contributed by atoms with Crippen LogP contribution in [0.4, 0.5) is 5.82 Å². The van der Waals surface area contributed by atoms with E-state index in [0.717, 1.165) is 5.56 Å². The van der Waals surface area contributed by atoms with E-state index in [1.807, 2.05) is 19.1 Å². The highest BCUT2D eigenvalue weighted by Gasteiger charge is 2.42. The first-order valence-electron chi connectivity index (χ1n) is 9.70. The molecule has 2 aliphatic rings. The fraction of sp³-hybridized carbons (Fsp3) is 0.381. The van der Waals surface area contributed by atoms with Gasteiger partial charge in [-0.1, -0.05) is 6.58 Å². The molecule has 9 nitrogen and oxygen atoms in total. The lowest BCUT2D eigenvalue weighted by atomic mass is 10.0. The summed E-state index contributed by atoms with van der Waals surface area (Å²) in [4.78, 5) is 26.3. The van der Waals surface area contributed by atoms with Crippen molar-refractivity contribution in [1.82, 2.24) is 14.7 Å². The summed E-state index contributed by atoms with van der Waals surface area (Å²) in [5, 5.41) is 8.06. The van der Waals surface area contributed by atoms with Gasteiger partial charge in [0.2, 0.25) is 5.91 Å². The van der Waals surface area contributed by atoms with Crippen LogP contribution in [0.1, 0.15) is 22.0 Å². The molecule has 2 atom stereocenters. The van der Waals surface area contributed by atoms with Gasteiger partial charge in [-0.3, -0.25) is 9.59 Å². The summed E-state index contributed by atoms with van der Waals surface area (Å²) in [6.45, 7) is 7.20. The maximum Gasteiger partial charge on any atom is 0.254 e. The number of anilines is 1. The van der Waals surface area contributed by atoms with Gasteiger partial charge in [-0.15, -0.1) is 0 Å². The number of nitrogens with zero attached hydrogens (tertiary/aromatic N) is 3. The van der Waals surface area contributed by atoms with Crippen LogP contribution in [0, 0.1) is 12.8 Å². The number of ether oxygens (including phenoxy) is 2. The van der Waals surface area contributed by atoms with Crippen molar-refractivity contribution >= 4 is 17.6 Å². The van der Waals surface area contributed by atoms with Gasteiger partial charge in [0, 0.05) is 36.7 Å². The van der Waals surface area contributed by atoms with Crippen LogP contribution >= 0.6 is 0 Å². The third-order valence-corrected chi connectivity index (χ3v) is 5.92. The minimum atomic E-state index is -0.576. The van der Waals surface area contributed by atoms with Crippen LogP contribution in [0.15, 0.2) is 24.8 Å². The van der Waals surface area contributed by atoms with E-state index < -0.39 is 5.91 Å². The summed E-state index contributed by atoms with van der Waals surface area (Å²) >= 11 is 0. The third-order valence-electron chi connectivity index (χ3n) is 5.92. The monoisotopic (exact) mass is 411 g/mol. The zero-order chi connectivity index (χ0) is 21.6. The molecule has 0 bridgehead atoms. The first kappa shape index (κ1) is 19.8. The highest BCUT2D eigenvalue weighted by molar-refractivity contribution is 6.04. The topological polar surface area (TPSA) is 112 Å². The van der Waals surface area contributed by atoms with Crippen molar-refractivity contribution in [1.29, 1.82) is 0 Å². The first-order valence-corrected chi connectivity index (χ1v) is 9.70. The predicted molar refractivity (Wildman–Crippen MR) is 112 cm³/mol. The molecule has 4 rings (SSSR count). The smallest absolute Gasteiger partial charge is 0.254 e. The largest absolute Gasteiger partial charge is 0.496 e. The Labute approximate surface area is 174 Å². The van der Waals surface area contributed by atoms with E-state index >= 15 is 0 Å². The van der Waals surface area contributed by atoms with Crippen molar-refractivity contribution < 1.29 is 19.1 Å². The van der Waals surface area contributed by atoms with Crippen LogP contribution in [0.5, 0.6) is 11.5 Å². The normalized spacial score (nSPS) is 19.5. The van der Waals surface area contributed by atoms with Gasteiger partial charge in [-0.05, 0) is 25.1 Å². The van der Waals surface area contributed by atoms with E-state index in [-0.39, 0.29) is 17.9 Å². The molecular formula is C21H25N5O4. The first-order chi connectivity index (χ1) is 14.4. The molecule has 1 aromatic heterocycles. The number of hydrogen-bond donors (Lipinski definition) is 2. The minimum Gasteiger partial charge on any atom is -0.496 e. The number of nitrogens with two attached hydrogens (primary N) is 1. The molecule has 1 aromatic carbocycles. The maximum absolute atomic E-state index is 12.4. The molecule has 158 valence electrons. The Morgan fingerprint density at radius 1 is 1.27 bits per heavy atom. The lowest BCUT2D eigenvalue weighted by Gasteiger charge is -2.27. The molecule has 2 amide bonds. The molecule has 0 saturated carbocycles. The fourth-order valence-electron chi connectivity index (χ4n) is 4.37. The van der Waals surface area contributed by atoms with E-state index in [4.69, 9.17) is 20.3 Å². The highest BCUT2D eigenvalue weighted by atomic mass is 16.5. The van der Waals surface area contributed by atoms with Crippen molar-refractivity contribution in [3.63, 3.8) is 0 Å². The molecule has 3 heterocycles. The molecule has 9 heteroatoms. The number of carbonyl (C=O) groups excluding carboxylic acids is 2. The van der Waals surface area contributed by atoms with Crippen molar-refractivity contribution in [2.75, 3.05) is 39.2 Å².